The van der Waals surface area contributed by atoms with Gasteiger partial charge in [0, 0.05) is 29.6 Å². The number of hydrogen-bond acceptors (Lipinski definition) is 5. The summed E-state index contributed by atoms with van der Waals surface area (Å²) in [6.45, 7) is 1.96. The Morgan fingerprint density at radius 1 is 1.38 bits per heavy atom. The molecule has 0 atom stereocenters. The normalized spacial score (nSPS) is 14.1. The lowest BCUT2D eigenvalue weighted by Crippen LogP contribution is -2.07. The van der Waals surface area contributed by atoms with Gasteiger partial charge in [0.2, 0.25) is 0 Å². The molecule has 4 rings (SSSR count). The van der Waals surface area contributed by atoms with Crippen LogP contribution in [-0.2, 0) is 0 Å². The van der Waals surface area contributed by atoms with E-state index in [0.717, 1.165) is 29.9 Å². The first-order valence-electron chi connectivity index (χ1n) is 7.86. The van der Waals surface area contributed by atoms with E-state index in [1.54, 1.807) is 12.5 Å². The Labute approximate surface area is 144 Å². The number of aromatic nitrogens is 3. The van der Waals surface area contributed by atoms with Crippen molar-refractivity contribution in [2.45, 2.75) is 30.7 Å². The van der Waals surface area contributed by atoms with Crippen molar-refractivity contribution in [3.8, 4) is 5.69 Å². The monoisotopic (exact) mass is 339 g/mol. The van der Waals surface area contributed by atoms with Gasteiger partial charge in [-0.05, 0) is 49.8 Å². The van der Waals surface area contributed by atoms with Crippen LogP contribution in [0.5, 0.6) is 0 Å². The molecule has 6 heteroatoms. The highest BCUT2D eigenvalue weighted by Gasteiger charge is 2.35. The largest absolute Gasteiger partial charge is 0.359 e. The predicted octanol–water partition coefficient (Wildman–Crippen LogP) is 4.00. The number of imidazole rings is 1. The van der Waals surface area contributed by atoms with Crippen LogP contribution in [0, 0.1) is 6.92 Å². The lowest BCUT2D eigenvalue weighted by atomic mass is 9.98. The molecule has 2 heterocycles. The highest BCUT2D eigenvalue weighted by atomic mass is 32.2. The fourth-order valence-electron chi connectivity index (χ4n) is 2.87. The number of carbonyl (C=O) groups excluding carboxylic acids is 1. The summed E-state index contributed by atoms with van der Waals surface area (Å²) in [4.78, 5) is 17.2. The molecule has 24 heavy (non-hydrogen) atoms. The molecule has 1 fully saturated rings. The molecule has 0 unspecified atom stereocenters. The van der Waals surface area contributed by atoms with Gasteiger partial charge in [-0.15, -0.1) is 11.8 Å². The summed E-state index contributed by atoms with van der Waals surface area (Å²) in [5, 5.41) is 4.77. The highest BCUT2D eigenvalue weighted by molar-refractivity contribution is 7.98. The third-order valence-electron chi connectivity index (χ3n) is 4.31. The summed E-state index contributed by atoms with van der Waals surface area (Å²) in [5.41, 5.74) is 3.25. The number of ketones is 1. The van der Waals surface area contributed by atoms with Crippen LogP contribution in [0.4, 0.5) is 0 Å². The zero-order valence-electron chi connectivity index (χ0n) is 13.5. The van der Waals surface area contributed by atoms with Crippen LogP contribution >= 0.6 is 11.8 Å². The summed E-state index contributed by atoms with van der Waals surface area (Å²) >= 11 is 1.45. The van der Waals surface area contributed by atoms with Crippen molar-refractivity contribution in [2.75, 3.05) is 6.26 Å². The molecule has 1 aliphatic rings. The van der Waals surface area contributed by atoms with Gasteiger partial charge in [-0.3, -0.25) is 4.79 Å². The second-order valence-electron chi connectivity index (χ2n) is 6.00. The molecule has 122 valence electrons. The van der Waals surface area contributed by atoms with Crippen LogP contribution < -0.4 is 0 Å². The molecule has 1 saturated carbocycles. The van der Waals surface area contributed by atoms with Crippen LogP contribution in [0.15, 0.2) is 46.5 Å². The molecule has 0 saturated heterocycles. The second kappa shape index (κ2) is 5.94. The van der Waals surface area contributed by atoms with Gasteiger partial charge in [0.05, 0.1) is 11.9 Å². The second-order valence-corrected chi connectivity index (χ2v) is 6.80. The van der Waals surface area contributed by atoms with Crippen molar-refractivity contribution < 1.29 is 9.32 Å². The molecule has 0 spiro atoms. The van der Waals surface area contributed by atoms with Gasteiger partial charge < -0.3 is 9.09 Å². The standard InChI is InChI=1S/C18H17N3O2S/c1-11-9-13(21-8-7-19-10-21)5-6-14(11)16(22)15-17(12-3-4-12)23-20-18(15)24-2/h5-10,12H,3-4H2,1-2H3. The van der Waals surface area contributed by atoms with Crippen molar-refractivity contribution >= 4 is 17.5 Å². The van der Waals surface area contributed by atoms with Crippen molar-refractivity contribution in [1.82, 2.24) is 14.7 Å². The number of thioether (sulfide) groups is 1. The maximum atomic E-state index is 13.1. The Bertz CT molecular complexity index is 895. The zero-order chi connectivity index (χ0) is 16.7. The lowest BCUT2D eigenvalue weighted by Gasteiger charge is -2.09. The molecule has 5 nitrogen and oxygen atoms in total. The Kier molecular flexibility index (Phi) is 3.76. The molecule has 1 aliphatic carbocycles. The van der Waals surface area contributed by atoms with E-state index in [-0.39, 0.29) is 5.78 Å². The predicted molar refractivity (Wildman–Crippen MR) is 92.0 cm³/mol. The Hall–Kier alpha value is -2.34. The summed E-state index contributed by atoms with van der Waals surface area (Å²) in [7, 11) is 0. The third kappa shape index (κ3) is 2.57. The first-order chi connectivity index (χ1) is 11.7. The minimum absolute atomic E-state index is 0.00261. The Morgan fingerprint density at radius 3 is 2.83 bits per heavy atom. The van der Waals surface area contributed by atoms with Gasteiger partial charge in [0.15, 0.2) is 16.6 Å². The molecule has 1 aromatic carbocycles. The van der Waals surface area contributed by atoms with Crippen LogP contribution in [0.25, 0.3) is 5.69 Å². The van der Waals surface area contributed by atoms with E-state index in [1.165, 1.54) is 11.8 Å². The van der Waals surface area contributed by atoms with Gasteiger partial charge in [-0.25, -0.2) is 4.98 Å². The van der Waals surface area contributed by atoms with Gasteiger partial charge >= 0.3 is 0 Å². The molecule has 0 aliphatic heterocycles. The lowest BCUT2D eigenvalue weighted by molar-refractivity contribution is 0.103. The Morgan fingerprint density at radius 2 is 2.21 bits per heavy atom. The average molecular weight is 339 g/mol. The molecule has 0 bridgehead atoms. The summed E-state index contributed by atoms with van der Waals surface area (Å²) in [6, 6.07) is 5.81. The van der Waals surface area contributed by atoms with E-state index >= 15 is 0 Å². The molecule has 0 radical (unpaired) electrons. The van der Waals surface area contributed by atoms with Crippen molar-refractivity contribution in [3.63, 3.8) is 0 Å². The quantitative estimate of drug-likeness (QED) is 0.519. The SMILES string of the molecule is CSc1noc(C2CC2)c1C(=O)c1ccc(-n2ccnc2)cc1C. The van der Waals surface area contributed by atoms with Gasteiger partial charge in [-0.2, -0.15) is 0 Å². The van der Waals surface area contributed by atoms with Crippen molar-refractivity contribution in [3.05, 3.63) is 59.4 Å². The van der Waals surface area contributed by atoms with E-state index < -0.39 is 0 Å². The van der Waals surface area contributed by atoms with Gasteiger partial charge in [0.1, 0.15) is 0 Å². The van der Waals surface area contributed by atoms with Crippen molar-refractivity contribution in [2.24, 2.45) is 0 Å². The fourth-order valence-corrected chi connectivity index (χ4v) is 3.38. The topological polar surface area (TPSA) is 60.9 Å². The summed E-state index contributed by atoms with van der Waals surface area (Å²) in [5.74, 6) is 1.10. The number of carbonyl (C=O) groups is 1. The number of benzene rings is 1. The average Bonchev–Trinajstić information content (AvgIpc) is 3.13. The molecular formula is C18H17N3O2S. The molecule has 0 amide bonds. The zero-order valence-corrected chi connectivity index (χ0v) is 14.3. The molecule has 3 aromatic rings. The minimum Gasteiger partial charge on any atom is -0.359 e. The van der Waals surface area contributed by atoms with Crippen LogP contribution in [0.3, 0.4) is 0 Å². The molecule has 0 N–H and O–H groups in total. The minimum atomic E-state index is -0.00261. The third-order valence-corrected chi connectivity index (χ3v) is 4.98. The van der Waals surface area contributed by atoms with E-state index in [0.29, 0.717) is 22.1 Å². The maximum absolute atomic E-state index is 13.1. The van der Waals surface area contributed by atoms with Gasteiger partial charge in [-0.1, -0.05) is 5.16 Å². The highest BCUT2D eigenvalue weighted by Crippen LogP contribution is 2.44. The number of aryl methyl sites for hydroxylation is 1. The van der Waals surface area contributed by atoms with Crippen LogP contribution in [0.2, 0.25) is 0 Å². The number of hydrogen-bond donors (Lipinski definition) is 0. The molecular weight excluding hydrogens is 322 g/mol. The number of nitrogens with zero attached hydrogens (tertiary/aromatic N) is 3. The van der Waals surface area contributed by atoms with E-state index in [2.05, 4.69) is 10.1 Å². The first kappa shape index (κ1) is 15.2. The first-order valence-corrected chi connectivity index (χ1v) is 9.08. The van der Waals surface area contributed by atoms with E-state index in [4.69, 9.17) is 4.52 Å². The van der Waals surface area contributed by atoms with Crippen molar-refractivity contribution in [1.29, 1.82) is 0 Å². The summed E-state index contributed by atoms with van der Waals surface area (Å²) < 4.78 is 7.39. The Balaban J connectivity index is 1.74. The fraction of sp³-hybridized carbons (Fsp3) is 0.278. The smallest absolute Gasteiger partial charge is 0.199 e. The van der Waals surface area contributed by atoms with Crippen LogP contribution in [-0.4, -0.2) is 26.7 Å². The van der Waals surface area contributed by atoms with E-state index in [9.17, 15) is 4.79 Å². The van der Waals surface area contributed by atoms with Gasteiger partial charge in [0.25, 0.3) is 0 Å². The summed E-state index contributed by atoms with van der Waals surface area (Å²) in [6.07, 6.45) is 9.42. The number of rotatable bonds is 5. The maximum Gasteiger partial charge on any atom is 0.199 e. The molecule has 2 aromatic heterocycles. The van der Waals surface area contributed by atoms with E-state index in [1.807, 2.05) is 42.1 Å². The van der Waals surface area contributed by atoms with Crippen LogP contribution in [0.1, 0.15) is 46.0 Å².